The molecule has 0 saturated carbocycles. The van der Waals surface area contributed by atoms with Crippen molar-refractivity contribution >= 4 is 70.6 Å². The molecule has 3 heterocycles. The normalized spacial score (nSPS) is 11.9. The second kappa shape index (κ2) is 7.76. The van der Waals surface area contributed by atoms with E-state index in [1.165, 1.54) is 0 Å². The minimum absolute atomic E-state index is 0.648. The van der Waals surface area contributed by atoms with Gasteiger partial charge in [0.2, 0.25) is 5.95 Å². The number of nitrogens with zero attached hydrogens (tertiary/aromatic N) is 3. The molecule has 0 spiro atoms. The van der Waals surface area contributed by atoms with Crippen molar-refractivity contribution in [1.29, 1.82) is 0 Å². The topological polar surface area (TPSA) is 43.9 Å². The molecule has 0 aliphatic carbocycles. The van der Waals surface area contributed by atoms with E-state index in [9.17, 15) is 0 Å². The highest BCUT2D eigenvalue weighted by atomic mass is 79.9. The Morgan fingerprint density at radius 3 is 2.24 bits per heavy atom. The lowest BCUT2D eigenvalue weighted by Crippen LogP contribution is -2.03. The zero-order valence-corrected chi connectivity index (χ0v) is 21.1. The minimum Gasteiger partial charge on any atom is -0.456 e. The molecule has 0 aliphatic heterocycles. The fourth-order valence-corrected chi connectivity index (χ4v) is 6.02. The van der Waals surface area contributed by atoms with E-state index in [4.69, 9.17) is 14.4 Å². The van der Waals surface area contributed by atoms with Crippen molar-refractivity contribution in [3.63, 3.8) is 0 Å². The molecular weight excluding hydrogens is 522 g/mol. The number of hydrogen-bond donors (Lipinski definition) is 0. The average Bonchev–Trinajstić information content (AvgIpc) is 3.48. The van der Waals surface area contributed by atoms with Crippen molar-refractivity contribution in [2.45, 2.75) is 0 Å². The Kier molecular flexibility index (Phi) is 4.34. The summed E-state index contributed by atoms with van der Waals surface area (Å²) in [7, 11) is 0. The van der Waals surface area contributed by atoms with Crippen LogP contribution in [0, 0.1) is 0 Å². The molecule has 4 nitrogen and oxygen atoms in total. The van der Waals surface area contributed by atoms with Crippen LogP contribution >= 0.6 is 15.9 Å². The molecule has 0 aliphatic rings. The molecule has 174 valence electrons. The number of halogens is 1. The Morgan fingerprint density at radius 2 is 1.32 bits per heavy atom. The number of furan rings is 1. The van der Waals surface area contributed by atoms with Gasteiger partial charge in [-0.3, -0.25) is 4.57 Å². The van der Waals surface area contributed by atoms with E-state index in [-0.39, 0.29) is 0 Å². The molecule has 37 heavy (non-hydrogen) atoms. The molecule has 0 unspecified atom stereocenters. The number of hydrogen-bond acceptors (Lipinski definition) is 3. The van der Waals surface area contributed by atoms with E-state index in [1.807, 2.05) is 36.4 Å². The van der Waals surface area contributed by atoms with Crippen molar-refractivity contribution in [3.05, 3.63) is 114 Å². The zero-order valence-electron chi connectivity index (χ0n) is 19.5. The monoisotopic (exact) mass is 539 g/mol. The van der Waals surface area contributed by atoms with Gasteiger partial charge in [0.15, 0.2) is 0 Å². The van der Waals surface area contributed by atoms with Crippen molar-refractivity contribution in [1.82, 2.24) is 14.5 Å². The van der Waals surface area contributed by atoms with Gasteiger partial charge in [-0.15, -0.1) is 0 Å². The largest absolute Gasteiger partial charge is 0.456 e. The number of aromatic nitrogens is 3. The fourth-order valence-electron chi connectivity index (χ4n) is 5.45. The lowest BCUT2D eigenvalue weighted by Gasteiger charge is -2.12. The predicted molar refractivity (Wildman–Crippen MR) is 154 cm³/mol. The van der Waals surface area contributed by atoms with E-state index in [1.54, 1.807) is 0 Å². The van der Waals surface area contributed by atoms with Crippen LogP contribution in [-0.2, 0) is 0 Å². The van der Waals surface area contributed by atoms with Gasteiger partial charge in [-0.1, -0.05) is 76.6 Å². The first-order chi connectivity index (χ1) is 18.3. The Balaban J connectivity index is 1.46. The lowest BCUT2D eigenvalue weighted by atomic mass is 10.0. The molecule has 0 atom stereocenters. The van der Waals surface area contributed by atoms with Gasteiger partial charge in [0.1, 0.15) is 11.2 Å². The Hall–Kier alpha value is -4.48. The van der Waals surface area contributed by atoms with Crippen LogP contribution in [0.2, 0.25) is 0 Å². The predicted octanol–water partition coefficient (Wildman–Crippen LogP) is 9.06. The molecule has 0 fully saturated rings. The molecule has 0 radical (unpaired) electrons. The SMILES string of the molecule is Brc1cccc2c1c1ccccc1n2-c1nc(-c2ccc3oc4ccccc4c3c2)c2ccccc2n1. The Labute approximate surface area is 219 Å². The first-order valence-corrected chi connectivity index (χ1v) is 12.9. The van der Waals surface area contributed by atoms with E-state index in [0.717, 1.165) is 70.4 Å². The molecular formula is C32H18BrN3O. The third kappa shape index (κ3) is 3.01. The fraction of sp³-hybridized carbons (Fsp3) is 0. The summed E-state index contributed by atoms with van der Waals surface area (Å²) < 4.78 is 9.30. The number of para-hydroxylation sites is 3. The summed E-state index contributed by atoms with van der Waals surface area (Å²) in [6, 6.07) is 37.4. The van der Waals surface area contributed by atoms with E-state index in [0.29, 0.717) is 5.95 Å². The lowest BCUT2D eigenvalue weighted by molar-refractivity contribution is 0.669. The summed E-state index contributed by atoms with van der Waals surface area (Å²) in [6.45, 7) is 0. The van der Waals surface area contributed by atoms with Crippen LogP contribution in [0.4, 0.5) is 0 Å². The van der Waals surface area contributed by atoms with Crippen LogP contribution in [0.5, 0.6) is 0 Å². The van der Waals surface area contributed by atoms with Crippen molar-refractivity contribution in [2.24, 2.45) is 0 Å². The van der Waals surface area contributed by atoms with E-state index >= 15 is 0 Å². The molecule has 8 rings (SSSR count). The van der Waals surface area contributed by atoms with Crippen LogP contribution in [-0.4, -0.2) is 14.5 Å². The van der Waals surface area contributed by atoms with Gasteiger partial charge in [-0.25, -0.2) is 9.97 Å². The van der Waals surface area contributed by atoms with Crippen LogP contribution in [0.15, 0.2) is 118 Å². The standard InChI is InChI=1S/C32H18BrN3O/c33-24-11-7-14-27-30(24)22-10-2-5-13-26(22)36(27)32-34-25-12-4-1-9-21(25)31(35-32)19-16-17-29-23(18-19)20-8-3-6-15-28(20)37-29/h1-18H. The summed E-state index contributed by atoms with van der Waals surface area (Å²) in [5, 5.41) is 5.51. The van der Waals surface area contributed by atoms with Crippen molar-refractivity contribution in [2.75, 3.05) is 0 Å². The highest BCUT2D eigenvalue weighted by Gasteiger charge is 2.18. The Bertz CT molecular complexity index is 2170. The first kappa shape index (κ1) is 20.7. The third-order valence-electron chi connectivity index (χ3n) is 7.09. The first-order valence-electron chi connectivity index (χ1n) is 12.1. The summed E-state index contributed by atoms with van der Waals surface area (Å²) in [4.78, 5) is 10.3. The van der Waals surface area contributed by atoms with Gasteiger partial charge < -0.3 is 4.42 Å². The van der Waals surface area contributed by atoms with Crippen LogP contribution in [0.1, 0.15) is 0 Å². The summed E-state index contributed by atoms with van der Waals surface area (Å²) in [5.74, 6) is 0.648. The number of fused-ring (bicyclic) bond motifs is 7. The van der Waals surface area contributed by atoms with Gasteiger partial charge in [0, 0.05) is 37.0 Å². The number of benzene rings is 5. The molecule has 0 bridgehead atoms. The third-order valence-corrected chi connectivity index (χ3v) is 7.75. The van der Waals surface area contributed by atoms with Crippen LogP contribution in [0.3, 0.4) is 0 Å². The van der Waals surface area contributed by atoms with E-state index in [2.05, 4.69) is 93.3 Å². The maximum Gasteiger partial charge on any atom is 0.235 e. The smallest absolute Gasteiger partial charge is 0.235 e. The molecule has 5 heteroatoms. The second-order valence-electron chi connectivity index (χ2n) is 9.19. The highest BCUT2D eigenvalue weighted by Crippen LogP contribution is 2.38. The van der Waals surface area contributed by atoms with Gasteiger partial charge in [0.25, 0.3) is 0 Å². The molecule has 5 aromatic carbocycles. The van der Waals surface area contributed by atoms with Crippen molar-refractivity contribution in [3.8, 4) is 17.2 Å². The summed E-state index contributed by atoms with van der Waals surface area (Å²) >= 11 is 3.77. The quantitative estimate of drug-likeness (QED) is 0.220. The molecule has 0 amide bonds. The van der Waals surface area contributed by atoms with Crippen molar-refractivity contribution < 1.29 is 4.42 Å². The molecule has 0 saturated heterocycles. The van der Waals surface area contributed by atoms with Gasteiger partial charge in [-0.05, 0) is 48.5 Å². The van der Waals surface area contributed by atoms with E-state index < -0.39 is 0 Å². The van der Waals surface area contributed by atoms with Crippen LogP contribution in [0.25, 0.3) is 71.9 Å². The van der Waals surface area contributed by atoms with Gasteiger partial charge >= 0.3 is 0 Å². The summed E-state index contributed by atoms with van der Waals surface area (Å²) in [5.41, 5.74) is 6.72. The van der Waals surface area contributed by atoms with Gasteiger partial charge in [0.05, 0.1) is 22.2 Å². The maximum atomic E-state index is 6.08. The average molecular weight is 540 g/mol. The zero-order chi connectivity index (χ0) is 24.5. The number of rotatable bonds is 2. The molecule has 3 aromatic heterocycles. The minimum atomic E-state index is 0.648. The second-order valence-corrected chi connectivity index (χ2v) is 10.0. The Morgan fingerprint density at radius 1 is 0.595 bits per heavy atom. The highest BCUT2D eigenvalue weighted by molar-refractivity contribution is 9.10. The van der Waals surface area contributed by atoms with Crippen LogP contribution < -0.4 is 0 Å². The maximum absolute atomic E-state index is 6.08. The molecule has 8 aromatic rings. The summed E-state index contributed by atoms with van der Waals surface area (Å²) in [6.07, 6.45) is 0. The van der Waals surface area contributed by atoms with Gasteiger partial charge in [-0.2, -0.15) is 0 Å². The molecule has 0 N–H and O–H groups in total.